The Morgan fingerprint density at radius 3 is 2.50 bits per heavy atom. The second kappa shape index (κ2) is 7.37. The number of alkyl halides is 2. The average molecular weight is 509 g/mol. The van der Waals surface area contributed by atoms with Crippen LogP contribution in [-0.4, -0.2) is 62.8 Å². The maximum absolute atomic E-state index is 13.9. The number of fused-ring (bicyclic) bond motifs is 3. The van der Waals surface area contributed by atoms with Gasteiger partial charge in [-0.15, -0.1) is 10.2 Å². The molecule has 0 amide bonds. The van der Waals surface area contributed by atoms with Gasteiger partial charge >= 0.3 is 0 Å². The van der Waals surface area contributed by atoms with Crippen molar-refractivity contribution in [2.75, 3.05) is 36.0 Å². The third kappa shape index (κ3) is 3.29. The quantitative estimate of drug-likeness (QED) is 0.535. The molecule has 3 fully saturated rings. The summed E-state index contributed by atoms with van der Waals surface area (Å²) in [4.78, 5) is 10.8. The van der Waals surface area contributed by atoms with Gasteiger partial charge in [-0.05, 0) is 42.8 Å². The van der Waals surface area contributed by atoms with Crippen LogP contribution in [0.5, 0.6) is 0 Å². The molecule has 1 aliphatic carbocycles. The van der Waals surface area contributed by atoms with Gasteiger partial charge in [0.1, 0.15) is 11.9 Å². The van der Waals surface area contributed by atoms with E-state index in [1.807, 2.05) is 41.8 Å². The van der Waals surface area contributed by atoms with E-state index in [1.165, 1.54) is 0 Å². The van der Waals surface area contributed by atoms with Gasteiger partial charge in [-0.25, -0.2) is 13.8 Å². The molecule has 8 nitrogen and oxygen atoms in total. The number of halogens is 3. The Bertz CT molecular complexity index is 1430. The fraction of sp³-hybridized carbons (Fsp3) is 0.440. The lowest BCUT2D eigenvalue weighted by Gasteiger charge is -2.60. The lowest BCUT2D eigenvalue weighted by atomic mass is 9.73. The van der Waals surface area contributed by atoms with Crippen molar-refractivity contribution >= 4 is 23.4 Å². The van der Waals surface area contributed by atoms with Gasteiger partial charge in [-0.2, -0.15) is 5.26 Å². The average Bonchev–Trinajstić information content (AvgIpc) is 3.30. The van der Waals surface area contributed by atoms with Crippen LogP contribution in [0.1, 0.15) is 29.1 Å². The van der Waals surface area contributed by atoms with Gasteiger partial charge in [0.25, 0.3) is 5.92 Å². The summed E-state index contributed by atoms with van der Waals surface area (Å²) >= 11 is 6.28. The standard InChI is InChI=1S/C25H23ClF2N8/c1-15-16(8-29)2-5-21(30-15)34-11-24(12-34)13-35(14-24)23-32-31-22-10-33(20-7-25(20,27)28)9-17-6-18(26)3-4-19(17)36(22)23/h2-6,20H,7,9-14H2,1H3. The molecule has 1 spiro atoms. The first-order valence-electron chi connectivity index (χ1n) is 12.0. The topological polar surface area (TPSA) is 77.1 Å². The summed E-state index contributed by atoms with van der Waals surface area (Å²) in [5.74, 6) is -0.342. The molecule has 4 aliphatic rings. The lowest BCUT2D eigenvalue weighted by molar-refractivity contribution is 0.0663. The molecular formula is C25H23ClF2N8. The first-order chi connectivity index (χ1) is 17.2. The van der Waals surface area contributed by atoms with Gasteiger partial charge in [0, 0.05) is 49.6 Å². The van der Waals surface area contributed by atoms with Crippen LogP contribution in [0.3, 0.4) is 0 Å². The molecule has 0 bridgehead atoms. The third-order valence-corrected chi connectivity index (χ3v) is 8.09. The Kier molecular flexibility index (Phi) is 4.49. The zero-order valence-corrected chi connectivity index (χ0v) is 20.4. The number of hydrogen-bond acceptors (Lipinski definition) is 7. The zero-order valence-electron chi connectivity index (χ0n) is 19.6. The van der Waals surface area contributed by atoms with Crippen molar-refractivity contribution in [3.8, 4) is 11.8 Å². The number of aryl methyl sites for hydroxylation is 1. The van der Waals surface area contributed by atoms with Crippen molar-refractivity contribution in [3.63, 3.8) is 0 Å². The Morgan fingerprint density at radius 2 is 1.81 bits per heavy atom. The van der Waals surface area contributed by atoms with Crippen molar-refractivity contribution in [2.24, 2.45) is 5.41 Å². The molecule has 2 saturated heterocycles. The molecule has 11 heteroatoms. The first kappa shape index (κ1) is 21.9. The third-order valence-electron chi connectivity index (χ3n) is 7.85. The van der Waals surface area contributed by atoms with E-state index < -0.39 is 12.0 Å². The minimum Gasteiger partial charge on any atom is -0.355 e. The van der Waals surface area contributed by atoms with Crippen LogP contribution in [0.2, 0.25) is 5.02 Å². The molecule has 36 heavy (non-hydrogen) atoms. The highest BCUT2D eigenvalue weighted by atomic mass is 35.5. The summed E-state index contributed by atoms with van der Waals surface area (Å²) in [5.41, 5.74) is 3.30. The Labute approximate surface area is 211 Å². The van der Waals surface area contributed by atoms with E-state index in [0.29, 0.717) is 29.5 Å². The van der Waals surface area contributed by atoms with E-state index in [2.05, 4.69) is 31.1 Å². The van der Waals surface area contributed by atoms with Gasteiger partial charge in [-0.3, -0.25) is 9.47 Å². The molecule has 0 N–H and O–H groups in total. The van der Waals surface area contributed by atoms with Crippen molar-refractivity contribution in [1.29, 1.82) is 5.26 Å². The zero-order chi connectivity index (χ0) is 24.8. The molecule has 7 rings (SSSR count). The number of benzene rings is 1. The second-order valence-corrected chi connectivity index (χ2v) is 11.0. The van der Waals surface area contributed by atoms with E-state index in [4.69, 9.17) is 16.9 Å². The number of nitrogens with zero attached hydrogens (tertiary/aromatic N) is 8. The summed E-state index contributed by atoms with van der Waals surface area (Å²) < 4.78 is 29.9. The van der Waals surface area contributed by atoms with Crippen molar-refractivity contribution < 1.29 is 8.78 Å². The molecule has 3 aromatic rings. The predicted molar refractivity (Wildman–Crippen MR) is 130 cm³/mol. The fourth-order valence-electron chi connectivity index (χ4n) is 5.90. The van der Waals surface area contributed by atoms with E-state index in [9.17, 15) is 8.78 Å². The SMILES string of the molecule is Cc1nc(N2CC3(C2)CN(c2nnc4n2-c2ccc(Cl)cc2CN(C2CC2(F)F)C4)C3)ccc1C#N. The van der Waals surface area contributed by atoms with E-state index >= 15 is 0 Å². The number of hydrogen-bond donors (Lipinski definition) is 0. The minimum absolute atomic E-state index is 0.122. The van der Waals surface area contributed by atoms with Crippen molar-refractivity contribution in [1.82, 2.24) is 24.6 Å². The van der Waals surface area contributed by atoms with Crippen LogP contribution in [0.4, 0.5) is 20.5 Å². The normalized spacial score (nSPS) is 23.2. The van der Waals surface area contributed by atoms with Crippen LogP contribution in [0, 0.1) is 23.7 Å². The lowest BCUT2D eigenvalue weighted by Crippen LogP contribution is -2.73. The highest BCUT2D eigenvalue weighted by Gasteiger charge is 2.60. The van der Waals surface area contributed by atoms with Gasteiger partial charge in [0.05, 0.1) is 29.5 Å². The highest BCUT2D eigenvalue weighted by molar-refractivity contribution is 6.30. The van der Waals surface area contributed by atoms with E-state index in [1.54, 1.807) is 4.90 Å². The summed E-state index contributed by atoms with van der Waals surface area (Å²) in [6.45, 7) is 6.02. The molecule has 1 atom stereocenters. The highest BCUT2D eigenvalue weighted by Crippen LogP contribution is 2.48. The van der Waals surface area contributed by atoms with E-state index in [0.717, 1.165) is 54.9 Å². The smallest absolute Gasteiger partial charge is 0.265 e. The second-order valence-electron chi connectivity index (χ2n) is 10.5. The maximum Gasteiger partial charge on any atom is 0.265 e. The van der Waals surface area contributed by atoms with Crippen LogP contribution < -0.4 is 9.80 Å². The summed E-state index contributed by atoms with van der Waals surface area (Å²) in [7, 11) is 0. The van der Waals surface area contributed by atoms with Gasteiger partial charge in [0.2, 0.25) is 5.95 Å². The van der Waals surface area contributed by atoms with Crippen molar-refractivity contribution in [2.45, 2.75) is 38.4 Å². The fourth-order valence-corrected chi connectivity index (χ4v) is 6.10. The first-order valence-corrected chi connectivity index (χ1v) is 12.4. The Balaban J connectivity index is 1.12. The monoisotopic (exact) mass is 508 g/mol. The van der Waals surface area contributed by atoms with Crippen LogP contribution in [0.15, 0.2) is 30.3 Å². The molecular weight excluding hydrogens is 486 g/mol. The number of aromatic nitrogens is 4. The summed E-state index contributed by atoms with van der Waals surface area (Å²) in [6, 6.07) is 10.7. The van der Waals surface area contributed by atoms with Crippen LogP contribution >= 0.6 is 11.6 Å². The van der Waals surface area contributed by atoms with Crippen LogP contribution in [-0.2, 0) is 13.1 Å². The number of nitriles is 1. The molecule has 2 aromatic heterocycles. The molecule has 1 unspecified atom stereocenters. The molecule has 1 saturated carbocycles. The molecule has 184 valence electrons. The Hall–Kier alpha value is -3.29. The maximum atomic E-state index is 13.9. The summed E-state index contributed by atoms with van der Waals surface area (Å²) in [5, 5.41) is 18.7. The number of anilines is 2. The van der Waals surface area contributed by atoms with Crippen LogP contribution in [0.25, 0.3) is 5.69 Å². The molecule has 5 heterocycles. The molecule has 1 aromatic carbocycles. The van der Waals surface area contributed by atoms with Gasteiger partial charge in [0.15, 0.2) is 5.82 Å². The molecule has 0 radical (unpaired) electrons. The van der Waals surface area contributed by atoms with Crippen molar-refractivity contribution in [3.05, 3.63) is 58.0 Å². The minimum atomic E-state index is -2.65. The number of pyridine rings is 1. The summed E-state index contributed by atoms with van der Waals surface area (Å²) in [6.07, 6.45) is -0.122. The molecule has 3 aliphatic heterocycles. The van der Waals surface area contributed by atoms with Gasteiger partial charge in [-0.1, -0.05) is 11.6 Å². The Morgan fingerprint density at radius 1 is 1.06 bits per heavy atom. The van der Waals surface area contributed by atoms with E-state index in [-0.39, 0.29) is 11.8 Å². The largest absolute Gasteiger partial charge is 0.355 e. The van der Waals surface area contributed by atoms with Gasteiger partial charge < -0.3 is 9.80 Å². The number of rotatable bonds is 3. The predicted octanol–water partition coefficient (Wildman–Crippen LogP) is 3.55.